The average Bonchev–Trinajstić information content (AvgIpc) is 3.29. The number of urea groups is 1. The highest BCUT2D eigenvalue weighted by Crippen LogP contribution is 2.28. The van der Waals surface area contributed by atoms with Crippen molar-refractivity contribution in [2.75, 3.05) is 6.54 Å². The van der Waals surface area contributed by atoms with E-state index in [1.54, 1.807) is 12.5 Å². The lowest BCUT2D eigenvalue weighted by atomic mass is 10.0. The molecule has 2 aromatic heterocycles. The van der Waals surface area contributed by atoms with Crippen LogP contribution in [0.1, 0.15) is 17.0 Å². The summed E-state index contributed by atoms with van der Waals surface area (Å²) in [5.41, 5.74) is 5.09. The molecule has 0 aliphatic carbocycles. The number of aromatic nitrogens is 4. The Bertz CT molecular complexity index is 824. The third-order valence-electron chi connectivity index (χ3n) is 4.25. The molecule has 0 fully saturated rings. The van der Waals surface area contributed by atoms with E-state index < -0.39 is 0 Å². The smallest absolute Gasteiger partial charge is 0.318 e. The Morgan fingerprint density at radius 2 is 2.17 bits per heavy atom. The summed E-state index contributed by atoms with van der Waals surface area (Å²) in [6.07, 6.45) is 4.09. The zero-order chi connectivity index (χ0) is 16.4. The highest BCUT2D eigenvalue weighted by molar-refractivity contribution is 5.75. The molecule has 0 atom stereocenters. The van der Waals surface area contributed by atoms with Crippen molar-refractivity contribution in [1.29, 1.82) is 0 Å². The number of rotatable bonds is 3. The van der Waals surface area contributed by atoms with Crippen LogP contribution < -0.4 is 5.32 Å². The van der Waals surface area contributed by atoms with Crippen LogP contribution in [0.25, 0.3) is 11.3 Å². The van der Waals surface area contributed by atoms with Gasteiger partial charge in [-0.1, -0.05) is 30.3 Å². The van der Waals surface area contributed by atoms with Crippen LogP contribution in [-0.2, 0) is 19.5 Å². The molecule has 0 saturated heterocycles. The first-order chi connectivity index (χ1) is 11.8. The molecule has 0 saturated carbocycles. The maximum absolute atomic E-state index is 12.4. The number of nitrogens with one attached hydrogen (secondary N) is 3. The van der Waals surface area contributed by atoms with Gasteiger partial charge in [0.1, 0.15) is 0 Å². The van der Waals surface area contributed by atoms with Crippen molar-refractivity contribution in [2.24, 2.45) is 0 Å². The number of carbonyl (C=O) groups is 1. The second kappa shape index (κ2) is 6.19. The first-order valence-electron chi connectivity index (χ1n) is 7.93. The zero-order valence-electron chi connectivity index (χ0n) is 13.1. The van der Waals surface area contributed by atoms with Gasteiger partial charge < -0.3 is 15.2 Å². The molecular formula is C17H18N6O. The van der Waals surface area contributed by atoms with Gasteiger partial charge in [0.2, 0.25) is 0 Å². The van der Waals surface area contributed by atoms with Gasteiger partial charge in [0.05, 0.1) is 30.8 Å². The van der Waals surface area contributed by atoms with E-state index in [1.807, 2.05) is 35.2 Å². The Kier molecular flexibility index (Phi) is 3.74. The molecule has 0 radical (unpaired) electrons. The minimum absolute atomic E-state index is 0.0736. The van der Waals surface area contributed by atoms with Crippen molar-refractivity contribution in [3.8, 4) is 11.3 Å². The van der Waals surface area contributed by atoms with Gasteiger partial charge in [0, 0.05) is 36.0 Å². The minimum atomic E-state index is -0.0736. The second-order valence-corrected chi connectivity index (χ2v) is 5.80. The van der Waals surface area contributed by atoms with Crippen LogP contribution in [0.5, 0.6) is 0 Å². The predicted molar refractivity (Wildman–Crippen MR) is 89.0 cm³/mol. The first-order valence-corrected chi connectivity index (χ1v) is 7.93. The molecule has 1 aliphatic heterocycles. The molecule has 2 amide bonds. The van der Waals surface area contributed by atoms with Gasteiger partial charge in [-0.2, -0.15) is 5.10 Å². The number of hydrogen-bond acceptors (Lipinski definition) is 3. The Morgan fingerprint density at radius 1 is 1.29 bits per heavy atom. The fourth-order valence-electron chi connectivity index (χ4n) is 2.97. The molecule has 3 heterocycles. The SMILES string of the molecule is O=C(NCc1cnc[nH]1)N1CCc2[nH]nc(-c3ccccc3)c2C1. The number of H-pyrrole nitrogens is 2. The number of carbonyl (C=O) groups excluding carboxylic acids is 1. The van der Waals surface area contributed by atoms with Gasteiger partial charge in [-0.05, 0) is 0 Å². The van der Waals surface area contributed by atoms with Crippen molar-refractivity contribution < 1.29 is 4.79 Å². The number of fused-ring (bicyclic) bond motifs is 1. The standard InChI is InChI=1S/C17H18N6O/c24-17(19-9-13-8-18-11-20-13)23-7-6-15-14(10-23)16(22-21-15)12-4-2-1-3-5-12/h1-5,8,11H,6-7,9-10H2,(H,18,20)(H,19,24)(H,21,22). The lowest BCUT2D eigenvalue weighted by Gasteiger charge is -2.27. The molecule has 0 unspecified atom stereocenters. The molecule has 3 N–H and O–H groups in total. The fraction of sp³-hybridized carbons (Fsp3) is 0.235. The molecule has 24 heavy (non-hydrogen) atoms. The Balaban J connectivity index is 1.49. The molecule has 1 aromatic carbocycles. The maximum Gasteiger partial charge on any atom is 0.318 e. The average molecular weight is 322 g/mol. The first kappa shape index (κ1) is 14.5. The number of hydrogen-bond donors (Lipinski definition) is 3. The van der Waals surface area contributed by atoms with Gasteiger partial charge in [0.15, 0.2) is 0 Å². The monoisotopic (exact) mass is 322 g/mol. The fourth-order valence-corrected chi connectivity index (χ4v) is 2.97. The van der Waals surface area contributed by atoms with Crippen LogP contribution in [0, 0.1) is 0 Å². The molecule has 0 spiro atoms. The number of aromatic amines is 2. The minimum Gasteiger partial charge on any atom is -0.347 e. The summed E-state index contributed by atoms with van der Waals surface area (Å²) in [7, 11) is 0. The van der Waals surface area contributed by atoms with Crippen molar-refractivity contribution in [3.05, 3.63) is 59.8 Å². The van der Waals surface area contributed by atoms with E-state index in [0.29, 0.717) is 19.6 Å². The van der Waals surface area contributed by atoms with Crippen LogP contribution >= 0.6 is 0 Å². The molecule has 4 rings (SSSR count). The number of nitrogens with zero attached hydrogens (tertiary/aromatic N) is 3. The van der Waals surface area contributed by atoms with Crippen LogP contribution in [-0.4, -0.2) is 37.6 Å². The van der Waals surface area contributed by atoms with E-state index in [9.17, 15) is 4.79 Å². The van der Waals surface area contributed by atoms with Gasteiger partial charge in [0.25, 0.3) is 0 Å². The lowest BCUT2D eigenvalue weighted by Crippen LogP contribution is -2.42. The third kappa shape index (κ3) is 2.76. The highest BCUT2D eigenvalue weighted by atomic mass is 16.2. The third-order valence-corrected chi connectivity index (χ3v) is 4.25. The summed E-state index contributed by atoms with van der Waals surface area (Å²) in [4.78, 5) is 21.2. The van der Waals surface area contributed by atoms with Gasteiger partial charge in [-0.15, -0.1) is 0 Å². The Hall–Kier alpha value is -3.09. The molecule has 122 valence electrons. The quantitative estimate of drug-likeness (QED) is 0.689. The summed E-state index contributed by atoms with van der Waals surface area (Å²) in [5, 5.41) is 10.5. The largest absolute Gasteiger partial charge is 0.347 e. The summed E-state index contributed by atoms with van der Waals surface area (Å²) in [5.74, 6) is 0. The predicted octanol–water partition coefficient (Wildman–Crippen LogP) is 2.07. The van der Waals surface area contributed by atoms with Crippen molar-refractivity contribution in [3.63, 3.8) is 0 Å². The van der Waals surface area contributed by atoms with E-state index in [2.05, 4.69) is 25.5 Å². The molecule has 7 nitrogen and oxygen atoms in total. The summed E-state index contributed by atoms with van der Waals surface area (Å²) in [6.45, 7) is 1.68. The summed E-state index contributed by atoms with van der Waals surface area (Å²) in [6, 6.07) is 9.97. The summed E-state index contributed by atoms with van der Waals surface area (Å²) < 4.78 is 0. The normalized spacial score (nSPS) is 13.6. The summed E-state index contributed by atoms with van der Waals surface area (Å²) >= 11 is 0. The highest BCUT2D eigenvalue weighted by Gasteiger charge is 2.25. The van der Waals surface area contributed by atoms with Crippen LogP contribution in [0.15, 0.2) is 42.9 Å². The zero-order valence-corrected chi connectivity index (χ0v) is 13.1. The topological polar surface area (TPSA) is 89.7 Å². The molecular weight excluding hydrogens is 304 g/mol. The van der Waals surface area contributed by atoms with Gasteiger partial charge in [-0.25, -0.2) is 9.78 Å². The Labute approximate surface area is 139 Å². The van der Waals surface area contributed by atoms with Gasteiger partial charge in [-0.3, -0.25) is 5.10 Å². The number of benzene rings is 1. The van der Waals surface area contributed by atoms with Crippen molar-refractivity contribution >= 4 is 6.03 Å². The molecule has 7 heteroatoms. The molecule has 1 aliphatic rings. The Morgan fingerprint density at radius 3 is 2.96 bits per heavy atom. The van der Waals surface area contributed by atoms with Crippen molar-refractivity contribution in [2.45, 2.75) is 19.5 Å². The number of imidazole rings is 1. The van der Waals surface area contributed by atoms with E-state index >= 15 is 0 Å². The number of amides is 2. The maximum atomic E-state index is 12.4. The molecule has 3 aromatic rings. The van der Waals surface area contributed by atoms with Crippen LogP contribution in [0.3, 0.4) is 0 Å². The van der Waals surface area contributed by atoms with E-state index in [0.717, 1.165) is 34.6 Å². The van der Waals surface area contributed by atoms with Gasteiger partial charge >= 0.3 is 6.03 Å². The van der Waals surface area contributed by atoms with Crippen LogP contribution in [0.2, 0.25) is 0 Å². The second-order valence-electron chi connectivity index (χ2n) is 5.80. The molecule has 0 bridgehead atoms. The van der Waals surface area contributed by atoms with Crippen molar-refractivity contribution in [1.82, 2.24) is 30.4 Å². The lowest BCUT2D eigenvalue weighted by molar-refractivity contribution is 0.191. The van der Waals surface area contributed by atoms with E-state index in [4.69, 9.17) is 0 Å². The van der Waals surface area contributed by atoms with E-state index in [1.165, 1.54) is 0 Å². The van der Waals surface area contributed by atoms with Crippen LogP contribution in [0.4, 0.5) is 4.79 Å². The van der Waals surface area contributed by atoms with E-state index in [-0.39, 0.29) is 6.03 Å².